The fourth-order valence-corrected chi connectivity index (χ4v) is 3.33. The third-order valence-corrected chi connectivity index (χ3v) is 4.63. The molecule has 0 spiro atoms. The monoisotopic (exact) mass is 340 g/mol. The molecule has 3 heterocycles. The predicted octanol–water partition coefficient (Wildman–Crippen LogP) is 4.72. The average molecular weight is 341 g/mol. The van der Waals surface area contributed by atoms with Gasteiger partial charge in [-0.3, -0.25) is 0 Å². The molecule has 114 valence electrons. The van der Waals surface area contributed by atoms with Gasteiger partial charge in [-0.05, 0) is 24.3 Å². The van der Waals surface area contributed by atoms with Crippen LogP contribution in [0.5, 0.6) is 0 Å². The lowest BCUT2D eigenvalue weighted by atomic mass is 10.1. The number of hydrogen-bond donors (Lipinski definition) is 1. The van der Waals surface area contributed by atoms with E-state index in [-0.39, 0.29) is 0 Å². The maximum absolute atomic E-state index is 5.86. The van der Waals surface area contributed by atoms with Crippen LogP contribution in [0.3, 0.4) is 0 Å². The van der Waals surface area contributed by atoms with Gasteiger partial charge in [0, 0.05) is 34.7 Å². The molecule has 0 atom stereocenters. The van der Waals surface area contributed by atoms with Gasteiger partial charge in [0.25, 0.3) is 0 Å². The Bertz CT molecular complexity index is 927. The van der Waals surface area contributed by atoms with Crippen LogP contribution in [0, 0.1) is 0 Å². The van der Waals surface area contributed by atoms with Crippen molar-refractivity contribution in [2.45, 2.75) is 6.54 Å². The zero-order chi connectivity index (χ0) is 15.6. The second kappa shape index (κ2) is 6.02. The van der Waals surface area contributed by atoms with E-state index < -0.39 is 0 Å². The highest BCUT2D eigenvalue weighted by molar-refractivity contribution is 7.15. The molecule has 6 heteroatoms. The molecule has 4 rings (SSSR count). The number of fused-ring (bicyclic) bond motifs is 1. The second-order valence-electron chi connectivity index (χ2n) is 5.11. The molecule has 4 nitrogen and oxygen atoms in total. The Labute approximate surface area is 142 Å². The van der Waals surface area contributed by atoms with Gasteiger partial charge < -0.3 is 9.72 Å². The lowest BCUT2D eigenvalue weighted by Crippen LogP contribution is -1.97. The summed E-state index contributed by atoms with van der Waals surface area (Å²) >= 11 is 7.34. The first-order chi connectivity index (χ1) is 11.3. The highest BCUT2D eigenvalue weighted by Gasteiger charge is 2.05. The first-order valence-corrected chi connectivity index (χ1v) is 8.36. The zero-order valence-electron chi connectivity index (χ0n) is 12.1. The third kappa shape index (κ3) is 3.06. The molecule has 0 radical (unpaired) electrons. The van der Waals surface area contributed by atoms with Crippen molar-refractivity contribution < 1.29 is 0 Å². The third-order valence-electron chi connectivity index (χ3n) is 3.51. The summed E-state index contributed by atoms with van der Waals surface area (Å²) in [6.07, 6.45) is 5.84. The molecule has 4 aromatic rings. The molecule has 0 bridgehead atoms. The molecule has 0 saturated carbocycles. The van der Waals surface area contributed by atoms with Crippen LogP contribution < -0.4 is 5.32 Å². The number of hydrogen-bond acceptors (Lipinski definition) is 4. The summed E-state index contributed by atoms with van der Waals surface area (Å²) in [6, 6.07) is 14.2. The summed E-state index contributed by atoms with van der Waals surface area (Å²) in [5.74, 6) is 0. The number of imidazole rings is 1. The molecule has 23 heavy (non-hydrogen) atoms. The van der Waals surface area contributed by atoms with Crippen molar-refractivity contribution >= 4 is 34.3 Å². The number of pyridine rings is 1. The van der Waals surface area contributed by atoms with E-state index >= 15 is 0 Å². The van der Waals surface area contributed by atoms with E-state index in [2.05, 4.69) is 27.4 Å². The van der Waals surface area contributed by atoms with Crippen molar-refractivity contribution in [3.63, 3.8) is 0 Å². The summed E-state index contributed by atoms with van der Waals surface area (Å²) in [4.78, 5) is 9.81. The number of halogens is 1. The topological polar surface area (TPSA) is 42.2 Å². The number of nitrogens with one attached hydrogen (secondary N) is 1. The van der Waals surface area contributed by atoms with Crippen LogP contribution in [0.2, 0.25) is 4.47 Å². The maximum Gasteiger partial charge on any atom is 0.183 e. The molecule has 0 unspecified atom stereocenters. The largest absolute Gasteiger partial charge is 0.380 e. The SMILES string of the molecule is Clc1ncc(CNc2cccc(-c3cn4ccccc4n3)c2)s1. The Kier molecular flexibility index (Phi) is 3.73. The Morgan fingerprint density at radius 2 is 2.13 bits per heavy atom. The molecule has 3 aromatic heterocycles. The minimum Gasteiger partial charge on any atom is -0.380 e. The fourth-order valence-electron chi connectivity index (χ4n) is 2.42. The molecular weight excluding hydrogens is 328 g/mol. The number of nitrogens with zero attached hydrogens (tertiary/aromatic N) is 3. The molecule has 0 fully saturated rings. The molecule has 0 aliphatic carbocycles. The van der Waals surface area contributed by atoms with Gasteiger partial charge in [-0.15, -0.1) is 11.3 Å². The standard InChI is InChI=1S/C17H13ClN4S/c18-17-20-10-14(23-17)9-19-13-5-3-4-12(8-13)15-11-22-7-2-1-6-16(22)21-15/h1-8,10-11,19H,9H2. The molecule has 1 N–H and O–H groups in total. The van der Waals surface area contributed by atoms with Crippen molar-refractivity contribution in [1.82, 2.24) is 14.4 Å². The van der Waals surface area contributed by atoms with Gasteiger partial charge in [0.2, 0.25) is 0 Å². The number of anilines is 1. The van der Waals surface area contributed by atoms with Gasteiger partial charge >= 0.3 is 0 Å². The van der Waals surface area contributed by atoms with Gasteiger partial charge in [-0.2, -0.15) is 0 Å². The highest BCUT2D eigenvalue weighted by atomic mass is 35.5. The summed E-state index contributed by atoms with van der Waals surface area (Å²) in [5.41, 5.74) is 4.03. The number of benzene rings is 1. The van der Waals surface area contributed by atoms with E-state index in [1.807, 2.05) is 47.1 Å². The number of aromatic nitrogens is 3. The summed E-state index contributed by atoms with van der Waals surface area (Å²) < 4.78 is 2.59. The first kappa shape index (κ1) is 14.2. The summed E-state index contributed by atoms with van der Waals surface area (Å²) in [6.45, 7) is 0.707. The first-order valence-electron chi connectivity index (χ1n) is 7.16. The van der Waals surface area contributed by atoms with Gasteiger partial charge in [0.1, 0.15) is 5.65 Å². The van der Waals surface area contributed by atoms with Crippen LogP contribution >= 0.6 is 22.9 Å². The number of thiazole rings is 1. The molecular formula is C17H13ClN4S. The molecule has 1 aromatic carbocycles. The molecule has 0 amide bonds. The Hall–Kier alpha value is -2.37. The van der Waals surface area contributed by atoms with E-state index in [0.29, 0.717) is 11.0 Å². The lowest BCUT2D eigenvalue weighted by molar-refractivity contribution is 1.17. The van der Waals surface area contributed by atoms with Crippen molar-refractivity contribution in [1.29, 1.82) is 0 Å². The maximum atomic E-state index is 5.86. The minimum atomic E-state index is 0.570. The minimum absolute atomic E-state index is 0.570. The van der Waals surface area contributed by atoms with Crippen molar-refractivity contribution in [2.75, 3.05) is 5.32 Å². The molecule has 0 saturated heterocycles. The van der Waals surface area contributed by atoms with Gasteiger partial charge in [-0.25, -0.2) is 9.97 Å². The normalized spacial score (nSPS) is 11.0. The van der Waals surface area contributed by atoms with E-state index in [0.717, 1.165) is 27.5 Å². The van der Waals surface area contributed by atoms with Crippen LogP contribution in [0.25, 0.3) is 16.9 Å². The van der Waals surface area contributed by atoms with Crippen molar-refractivity contribution in [3.8, 4) is 11.3 Å². The lowest BCUT2D eigenvalue weighted by Gasteiger charge is -2.06. The van der Waals surface area contributed by atoms with Crippen LogP contribution in [-0.4, -0.2) is 14.4 Å². The van der Waals surface area contributed by atoms with Crippen molar-refractivity contribution in [2.24, 2.45) is 0 Å². The molecule has 0 aliphatic rings. The Balaban J connectivity index is 1.58. The average Bonchev–Trinajstić information content (AvgIpc) is 3.19. The van der Waals surface area contributed by atoms with Gasteiger partial charge in [-0.1, -0.05) is 29.8 Å². The quantitative estimate of drug-likeness (QED) is 0.584. The van der Waals surface area contributed by atoms with E-state index in [9.17, 15) is 0 Å². The smallest absolute Gasteiger partial charge is 0.183 e. The molecule has 0 aliphatic heterocycles. The van der Waals surface area contributed by atoms with E-state index in [1.54, 1.807) is 6.20 Å². The summed E-state index contributed by atoms with van der Waals surface area (Å²) in [5, 5.41) is 3.40. The second-order valence-corrected chi connectivity index (χ2v) is 6.80. The fraction of sp³-hybridized carbons (Fsp3) is 0.0588. The Morgan fingerprint density at radius 1 is 1.17 bits per heavy atom. The van der Waals surface area contributed by atoms with Crippen molar-refractivity contribution in [3.05, 3.63) is 70.4 Å². The predicted molar refractivity (Wildman–Crippen MR) is 95.1 cm³/mol. The van der Waals surface area contributed by atoms with Gasteiger partial charge in [0.15, 0.2) is 4.47 Å². The van der Waals surface area contributed by atoms with Gasteiger partial charge in [0.05, 0.1) is 12.2 Å². The van der Waals surface area contributed by atoms with Crippen LogP contribution in [-0.2, 0) is 6.54 Å². The van der Waals surface area contributed by atoms with Crippen LogP contribution in [0.15, 0.2) is 61.1 Å². The van der Waals surface area contributed by atoms with Crippen LogP contribution in [0.1, 0.15) is 4.88 Å². The van der Waals surface area contributed by atoms with E-state index in [1.165, 1.54) is 11.3 Å². The van der Waals surface area contributed by atoms with E-state index in [4.69, 9.17) is 11.6 Å². The van der Waals surface area contributed by atoms with Crippen LogP contribution in [0.4, 0.5) is 5.69 Å². The number of rotatable bonds is 4. The Morgan fingerprint density at radius 3 is 2.96 bits per heavy atom. The summed E-state index contributed by atoms with van der Waals surface area (Å²) in [7, 11) is 0. The zero-order valence-corrected chi connectivity index (χ0v) is 13.7. The highest BCUT2D eigenvalue weighted by Crippen LogP contribution is 2.24.